The van der Waals surface area contributed by atoms with Gasteiger partial charge in [0.2, 0.25) is 0 Å². The first kappa shape index (κ1) is 14.8. The summed E-state index contributed by atoms with van der Waals surface area (Å²) in [5, 5.41) is 13.2. The van der Waals surface area contributed by atoms with Crippen molar-refractivity contribution in [2.24, 2.45) is 5.73 Å². The maximum atomic E-state index is 13.3. The topological polar surface area (TPSA) is 104 Å². The van der Waals surface area contributed by atoms with Crippen LogP contribution < -0.4 is 16.4 Å². The van der Waals surface area contributed by atoms with E-state index in [1.54, 1.807) is 0 Å². The molecule has 0 radical (unpaired) electrons. The van der Waals surface area contributed by atoms with Crippen LogP contribution in [0.1, 0.15) is 16.8 Å². The number of benzene rings is 1. The zero-order valence-corrected chi connectivity index (χ0v) is 9.87. The van der Waals surface area contributed by atoms with Crippen molar-refractivity contribution in [2.45, 2.75) is 6.42 Å². The molecule has 6 nitrogen and oxygen atoms in total. The van der Waals surface area contributed by atoms with Crippen LogP contribution in [-0.4, -0.2) is 30.2 Å². The fourth-order valence-corrected chi connectivity index (χ4v) is 1.28. The van der Waals surface area contributed by atoms with Crippen LogP contribution in [0, 0.1) is 11.6 Å². The van der Waals surface area contributed by atoms with E-state index < -0.39 is 34.9 Å². The third kappa shape index (κ3) is 4.18. The van der Waals surface area contributed by atoms with Crippen molar-refractivity contribution in [3.05, 3.63) is 29.3 Å². The summed E-state index contributed by atoms with van der Waals surface area (Å²) >= 11 is 0. The lowest BCUT2D eigenvalue weighted by Gasteiger charge is -2.09. The van der Waals surface area contributed by atoms with Crippen molar-refractivity contribution < 1.29 is 23.5 Å². The summed E-state index contributed by atoms with van der Waals surface area (Å²) < 4.78 is 26.5. The number of carbonyl (C=O) groups is 2. The molecule has 0 unspecified atom stereocenters. The predicted molar refractivity (Wildman–Crippen MR) is 64.0 cm³/mol. The van der Waals surface area contributed by atoms with E-state index in [0.717, 1.165) is 6.07 Å². The van der Waals surface area contributed by atoms with E-state index in [1.165, 1.54) is 0 Å². The van der Waals surface area contributed by atoms with Gasteiger partial charge < -0.3 is 21.5 Å². The van der Waals surface area contributed by atoms with Crippen molar-refractivity contribution in [2.75, 3.05) is 18.4 Å². The van der Waals surface area contributed by atoms with Crippen LogP contribution in [-0.2, 0) is 0 Å². The average Bonchev–Trinajstić information content (AvgIpc) is 2.32. The third-order valence-electron chi connectivity index (χ3n) is 2.20. The molecule has 19 heavy (non-hydrogen) atoms. The highest BCUT2D eigenvalue weighted by Crippen LogP contribution is 2.19. The summed E-state index contributed by atoms with van der Waals surface area (Å²) in [5.74, 6) is -3.82. The van der Waals surface area contributed by atoms with Gasteiger partial charge >= 0.3 is 12.0 Å². The van der Waals surface area contributed by atoms with Gasteiger partial charge in [-0.05, 0) is 19.0 Å². The molecule has 0 bridgehead atoms. The number of rotatable bonds is 5. The van der Waals surface area contributed by atoms with E-state index in [2.05, 4.69) is 10.6 Å². The fraction of sp³-hybridized carbons (Fsp3) is 0.273. The molecule has 0 heterocycles. The number of carbonyl (C=O) groups excluding carboxylic acids is 1. The second kappa shape index (κ2) is 6.64. The van der Waals surface area contributed by atoms with E-state index in [9.17, 15) is 18.4 Å². The number of nitrogens with two attached hydrogens (primary N) is 1. The first-order valence-corrected chi connectivity index (χ1v) is 5.43. The highest BCUT2D eigenvalue weighted by Gasteiger charge is 2.16. The second-order valence-electron chi connectivity index (χ2n) is 3.64. The van der Waals surface area contributed by atoms with Crippen molar-refractivity contribution in [1.29, 1.82) is 0 Å². The molecule has 8 heteroatoms. The molecule has 1 aromatic carbocycles. The third-order valence-corrected chi connectivity index (χ3v) is 2.20. The Morgan fingerprint density at radius 2 is 1.95 bits per heavy atom. The molecule has 5 N–H and O–H groups in total. The number of nitrogens with one attached hydrogen (secondary N) is 2. The molecular weight excluding hydrogens is 260 g/mol. The molecule has 0 saturated heterocycles. The van der Waals surface area contributed by atoms with Gasteiger partial charge in [-0.2, -0.15) is 0 Å². The standard InChI is InChI=1S/C11H13F2N3O3/c12-7-5-8(13)9(4-6(7)10(17)18)16-11(19)15-3-1-2-14/h4-5H,1-3,14H2,(H,17,18)(H2,15,16,19). The Labute approximate surface area is 107 Å². The number of amides is 2. The Morgan fingerprint density at radius 1 is 1.26 bits per heavy atom. The summed E-state index contributed by atoms with van der Waals surface area (Å²) in [6.07, 6.45) is 0.541. The van der Waals surface area contributed by atoms with Gasteiger partial charge in [-0.15, -0.1) is 0 Å². The van der Waals surface area contributed by atoms with E-state index in [-0.39, 0.29) is 6.54 Å². The molecule has 0 fully saturated rings. The maximum Gasteiger partial charge on any atom is 0.338 e. The van der Waals surface area contributed by atoms with Crippen molar-refractivity contribution in [3.8, 4) is 0 Å². The van der Waals surface area contributed by atoms with Crippen LogP contribution in [0.2, 0.25) is 0 Å². The summed E-state index contributed by atoms with van der Waals surface area (Å²) in [7, 11) is 0. The fourth-order valence-electron chi connectivity index (χ4n) is 1.28. The number of hydrogen-bond acceptors (Lipinski definition) is 3. The van der Waals surface area contributed by atoms with Crippen LogP contribution in [0.3, 0.4) is 0 Å². The van der Waals surface area contributed by atoms with Gasteiger partial charge in [0.25, 0.3) is 0 Å². The molecule has 0 spiro atoms. The van der Waals surface area contributed by atoms with Gasteiger partial charge in [0, 0.05) is 12.6 Å². The number of hydrogen-bond donors (Lipinski definition) is 4. The van der Waals surface area contributed by atoms with E-state index in [1.807, 2.05) is 0 Å². The Morgan fingerprint density at radius 3 is 2.53 bits per heavy atom. The Balaban J connectivity index is 2.80. The highest BCUT2D eigenvalue weighted by atomic mass is 19.1. The van der Waals surface area contributed by atoms with Gasteiger partial charge in [0.05, 0.1) is 11.3 Å². The van der Waals surface area contributed by atoms with Crippen LogP contribution in [0.5, 0.6) is 0 Å². The molecule has 0 saturated carbocycles. The summed E-state index contributed by atoms with van der Waals surface area (Å²) in [5.41, 5.74) is 4.09. The molecule has 1 aromatic rings. The normalized spacial score (nSPS) is 10.1. The van der Waals surface area contributed by atoms with Crippen LogP contribution in [0.15, 0.2) is 12.1 Å². The lowest BCUT2D eigenvalue weighted by molar-refractivity contribution is 0.0692. The van der Waals surface area contributed by atoms with Crippen LogP contribution >= 0.6 is 0 Å². The second-order valence-corrected chi connectivity index (χ2v) is 3.64. The number of halogens is 2. The lowest BCUT2D eigenvalue weighted by Crippen LogP contribution is -2.31. The quantitative estimate of drug-likeness (QED) is 0.604. The molecular formula is C11H13F2N3O3. The van der Waals surface area contributed by atoms with E-state index in [0.29, 0.717) is 19.0 Å². The van der Waals surface area contributed by atoms with Crippen LogP contribution in [0.25, 0.3) is 0 Å². The molecule has 0 aliphatic heterocycles. The molecule has 0 aliphatic rings. The monoisotopic (exact) mass is 273 g/mol. The van der Waals surface area contributed by atoms with E-state index >= 15 is 0 Å². The Kier molecular flexibility index (Phi) is 5.19. The summed E-state index contributed by atoms with van der Waals surface area (Å²) in [6, 6.07) is 0.393. The SMILES string of the molecule is NCCCNC(=O)Nc1cc(C(=O)O)c(F)cc1F. The Hall–Kier alpha value is -2.22. The molecule has 0 aromatic heterocycles. The van der Waals surface area contributed by atoms with Crippen molar-refractivity contribution >= 4 is 17.7 Å². The highest BCUT2D eigenvalue weighted by molar-refractivity contribution is 5.93. The average molecular weight is 273 g/mol. The van der Waals surface area contributed by atoms with Gasteiger partial charge in [0.15, 0.2) is 0 Å². The first-order valence-electron chi connectivity index (χ1n) is 5.43. The number of aromatic carboxylic acids is 1. The molecule has 2 amide bonds. The van der Waals surface area contributed by atoms with Gasteiger partial charge in [0.1, 0.15) is 11.6 Å². The van der Waals surface area contributed by atoms with Gasteiger partial charge in [-0.3, -0.25) is 0 Å². The Bertz CT molecular complexity index is 494. The van der Waals surface area contributed by atoms with E-state index in [4.69, 9.17) is 10.8 Å². The minimum atomic E-state index is -1.55. The van der Waals surface area contributed by atoms with Crippen molar-refractivity contribution in [3.63, 3.8) is 0 Å². The molecule has 104 valence electrons. The predicted octanol–water partition coefficient (Wildman–Crippen LogP) is 1.13. The summed E-state index contributed by atoms with van der Waals surface area (Å²) in [6.45, 7) is 0.672. The number of carboxylic acid groups (broad SMARTS) is 1. The number of anilines is 1. The van der Waals surface area contributed by atoms with Gasteiger partial charge in [-0.25, -0.2) is 18.4 Å². The number of urea groups is 1. The minimum Gasteiger partial charge on any atom is -0.478 e. The van der Waals surface area contributed by atoms with Crippen LogP contribution in [0.4, 0.5) is 19.3 Å². The largest absolute Gasteiger partial charge is 0.478 e. The zero-order chi connectivity index (χ0) is 14.4. The minimum absolute atomic E-state index is 0.289. The van der Waals surface area contributed by atoms with Crippen molar-refractivity contribution in [1.82, 2.24) is 5.32 Å². The summed E-state index contributed by atoms with van der Waals surface area (Å²) in [4.78, 5) is 22.0. The smallest absolute Gasteiger partial charge is 0.338 e. The number of carboxylic acids is 1. The molecule has 0 aliphatic carbocycles. The molecule has 0 atom stereocenters. The lowest BCUT2D eigenvalue weighted by atomic mass is 10.2. The molecule has 1 rings (SSSR count). The maximum absolute atomic E-state index is 13.3. The zero-order valence-electron chi connectivity index (χ0n) is 9.87. The van der Waals surface area contributed by atoms with Gasteiger partial charge in [-0.1, -0.05) is 0 Å². The first-order chi connectivity index (χ1) is 8.95.